The van der Waals surface area contributed by atoms with Crippen molar-refractivity contribution in [2.24, 2.45) is 5.73 Å². The van der Waals surface area contributed by atoms with Crippen LogP contribution in [0.4, 0.5) is 0 Å². The number of hydrogen-bond donors (Lipinski definition) is 2. The van der Waals surface area contributed by atoms with E-state index in [4.69, 9.17) is 5.73 Å². The topological polar surface area (TPSA) is 55.1 Å². The van der Waals surface area contributed by atoms with Crippen LogP contribution in [0, 0.1) is 0 Å². The molecule has 1 atom stereocenters. The van der Waals surface area contributed by atoms with Crippen molar-refractivity contribution < 1.29 is 4.79 Å². The molecule has 8 heavy (non-hydrogen) atoms. The Balaban J connectivity index is 2.97. The Morgan fingerprint density at radius 2 is 2.50 bits per heavy atom. The lowest BCUT2D eigenvalue weighted by molar-refractivity contribution is -0.107. The van der Waals surface area contributed by atoms with E-state index < -0.39 is 0 Å². The van der Waals surface area contributed by atoms with E-state index in [1.807, 2.05) is 6.92 Å². The normalized spacial score (nSPS) is 13.2. The van der Waals surface area contributed by atoms with Crippen LogP contribution in [-0.4, -0.2) is 25.4 Å². The van der Waals surface area contributed by atoms with E-state index in [2.05, 4.69) is 5.32 Å². The molecule has 0 saturated carbocycles. The molecule has 0 spiro atoms. The molecule has 0 aliphatic carbocycles. The van der Waals surface area contributed by atoms with E-state index in [9.17, 15) is 4.79 Å². The summed E-state index contributed by atoms with van der Waals surface area (Å²) in [5.41, 5.74) is 5.23. The lowest BCUT2D eigenvalue weighted by atomic mass is 10.3. The van der Waals surface area contributed by atoms with Crippen LogP contribution in [-0.2, 0) is 4.79 Å². The van der Waals surface area contributed by atoms with Crippen molar-refractivity contribution in [1.29, 1.82) is 0 Å². The average Bonchev–Trinajstić information content (AvgIpc) is 1.83. The SMILES string of the molecule is CC(CN)NCC=O. The number of carbonyl (C=O) groups is 1. The van der Waals surface area contributed by atoms with Crippen LogP contribution in [0.3, 0.4) is 0 Å². The summed E-state index contributed by atoms with van der Waals surface area (Å²) in [4.78, 5) is 9.72. The molecule has 0 saturated heterocycles. The van der Waals surface area contributed by atoms with Gasteiger partial charge < -0.3 is 15.8 Å². The molecule has 0 heterocycles. The third kappa shape index (κ3) is 3.77. The average molecular weight is 116 g/mol. The molecule has 0 aliphatic rings. The van der Waals surface area contributed by atoms with Gasteiger partial charge in [-0.25, -0.2) is 0 Å². The number of carbonyl (C=O) groups excluding carboxylic acids is 1. The standard InChI is InChI=1S/C5H12N2O/c1-5(4-6)7-2-3-8/h3,5,7H,2,4,6H2,1H3. The summed E-state index contributed by atoms with van der Waals surface area (Å²) in [6.07, 6.45) is 0.826. The molecule has 48 valence electrons. The highest BCUT2D eigenvalue weighted by atomic mass is 16.1. The Hall–Kier alpha value is -0.410. The Morgan fingerprint density at radius 3 is 2.88 bits per heavy atom. The largest absolute Gasteiger partial charge is 0.329 e. The molecule has 0 amide bonds. The minimum atomic E-state index is 0.250. The van der Waals surface area contributed by atoms with Gasteiger partial charge in [0.1, 0.15) is 6.29 Å². The third-order valence-corrected chi connectivity index (χ3v) is 0.903. The molecule has 0 aromatic rings. The van der Waals surface area contributed by atoms with Crippen molar-refractivity contribution in [3.8, 4) is 0 Å². The van der Waals surface area contributed by atoms with Gasteiger partial charge in [0, 0.05) is 12.6 Å². The maximum atomic E-state index is 9.72. The Bertz CT molecular complexity index is 65.4. The number of aldehydes is 1. The molecule has 0 aromatic heterocycles. The lowest BCUT2D eigenvalue weighted by Gasteiger charge is -2.05. The molecule has 3 N–H and O–H groups in total. The van der Waals surface area contributed by atoms with E-state index in [0.717, 1.165) is 6.29 Å². The van der Waals surface area contributed by atoms with Gasteiger partial charge in [0.15, 0.2) is 0 Å². The van der Waals surface area contributed by atoms with Crippen molar-refractivity contribution in [3.63, 3.8) is 0 Å². The predicted molar refractivity (Wildman–Crippen MR) is 32.6 cm³/mol. The van der Waals surface area contributed by atoms with E-state index in [-0.39, 0.29) is 6.04 Å². The highest BCUT2D eigenvalue weighted by Gasteiger charge is 1.92. The summed E-state index contributed by atoms with van der Waals surface area (Å²) in [5.74, 6) is 0. The third-order valence-electron chi connectivity index (χ3n) is 0.903. The van der Waals surface area contributed by atoms with Crippen LogP contribution < -0.4 is 11.1 Å². The number of nitrogens with one attached hydrogen (secondary N) is 1. The minimum Gasteiger partial charge on any atom is -0.329 e. The quantitative estimate of drug-likeness (QED) is 0.469. The van der Waals surface area contributed by atoms with E-state index in [1.54, 1.807) is 0 Å². The van der Waals surface area contributed by atoms with Crippen LogP contribution in [0.25, 0.3) is 0 Å². The Morgan fingerprint density at radius 1 is 1.88 bits per heavy atom. The molecule has 3 heteroatoms. The fourth-order valence-electron chi connectivity index (χ4n) is 0.333. The van der Waals surface area contributed by atoms with Gasteiger partial charge in [-0.05, 0) is 6.92 Å². The summed E-state index contributed by atoms with van der Waals surface area (Å²) in [6, 6.07) is 0.250. The Labute approximate surface area is 49.3 Å². The van der Waals surface area contributed by atoms with Crippen molar-refractivity contribution >= 4 is 6.29 Å². The molecule has 0 radical (unpaired) electrons. The van der Waals surface area contributed by atoms with Gasteiger partial charge in [0.2, 0.25) is 0 Å². The van der Waals surface area contributed by atoms with Crippen LogP contribution in [0.5, 0.6) is 0 Å². The van der Waals surface area contributed by atoms with Gasteiger partial charge >= 0.3 is 0 Å². The second-order valence-electron chi connectivity index (χ2n) is 1.71. The summed E-state index contributed by atoms with van der Waals surface area (Å²) < 4.78 is 0. The second-order valence-corrected chi connectivity index (χ2v) is 1.71. The smallest absolute Gasteiger partial charge is 0.133 e. The molecular weight excluding hydrogens is 104 g/mol. The van der Waals surface area contributed by atoms with Crippen LogP contribution in [0.2, 0.25) is 0 Å². The maximum absolute atomic E-state index is 9.72. The fourth-order valence-corrected chi connectivity index (χ4v) is 0.333. The molecule has 0 fully saturated rings. The molecule has 0 aliphatic heterocycles. The van der Waals surface area contributed by atoms with Gasteiger partial charge in [-0.15, -0.1) is 0 Å². The molecule has 3 nitrogen and oxygen atoms in total. The van der Waals surface area contributed by atoms with Crippen LogP contribution in [0.15, 0.2) is 0 Å². The maximum Gasteiger partial charge on any atom is 0.133 e. The first kappa shape index (κ1) is 7.59. The first-order chi connectivity index (χ1) is 3.81. The van der Waals surface area contributed by atoms with Crippen molar-refractivity contribution in [1.82, 2.24) is 5.32 Å². The monoisotopic (exact) mass is 116 g/mol. The van der Waals surface area contributed by atoms with Crippen molar-refractivity contribution in [2.45, 2.75) is 13.0 Å². The summed E-state index contributed by atoms with van der Waals surface area (Å²) in [5, 5.41) is 2.89. The first-order valence-corrected chi connectivity index (χ1v) is 2.68. The zero-order chi connectivity index (χ0) is 6.41. The van der Waals surface area contributed by atoms with Crippen molar-refractivity contribution in [2.75, 3.05) is 13.1 Å². The summed E-state index contributed by atoms with van der Waals surface area (Å²) in [6.45, 7) is 2.91. The number of rotatable bonds is 4. The van der Waals surface area contributed by atoms with E-state index in [1.165, 1.54) is 0 Å². The minimum absolute atomic E-state index is 0.250. The molecule has 1 unspecified atom stereocenters. The van der Waals surface area contributed by atoms with Gasteiger partial charge in [-0.3, -0.25) is 0 Å². The highest BCUT2D eigenvalue weighted by molar-refractivity contribution is 5.51. The molecule has 0 aromatic carbocycles. The lowest BCUT2D eigenvalue weighted by Crippen LogP contribution is -2.34. The highest BCUT2D eigenvalue weighted by Crippen LogP contribution is 1.70. The summed E-state index contributed by atoms with van der Waals surface area (Å²) >= 11 is 0. The summed E-state index contributed by atoms with van der Waals surface area (Å²) in [7, 11) is 0. The second kappa shape index (κ2) is 4.74. The van der Waals surface area contributed by atoms with Crippen LogP contribution in [0.1, 0.15) is 6.92 Å². The van der Waals surface area contributed by atoms with Gasteiger partial charge in [-0.1, -0.05) is 0 Å². The Kier molecular flexibility index (Phi) is 4.50. The predicted octanol–water partition coefficient (Wildman–Crippen LogP) is -0.878. The molecule has 0 rings (SSSR count). The van der Waals surface area contributed by atoms with Crippen LogP contribution >= 0.6 is 0 Å². The number of nitrogens with two attached hydrogens (primary N) is 1. The first-order valence-electron chi connectivity index (χ1n) is 2.68. The molecule has 0 bridgehead atoms. The zero-order valence-electron chi connectivity index (χ0n) is 5.05. The van der Waals surface area contributed by atoms with Gasteiger partial charge in [0.25, 0.3) is 0 Å². The zero-order valence-corrected chi connectivity index (χ0v) is 5.05. The number of hydrogen-bond acceptors (Lipinski definition) is 3. The van der Waals surface area contributed by atoms with Gasteiger partial charge in [0.05, 0.1) is 6.54 Å². The van der Waals surface area contributed by atoms with E-state index in [0.29, 0.717) is 13.1 Å². The van der Waals surface area contributed by atoms with E-state index >= 15 is 0 Å². The molecular formula is C5H12N2O. The van der Waals surface area contributed by atoms with Crippen molar-refractivity contribution in [3.05, 3.63) is 0 Å². The fraction of sp³-hybridized carbons (Fsp3) is 0.800. The van der Waals surface area contributed by atoms with Gasteiger partial charge in [-0.2, -0.15) is 0 Å².